The van der Waals surface area contributed by atoms with Gasteiger partial charge in [-0.05, 0) is 43.7 Å². The molecule has 25 heavy (non-hydrogen) atoms. The van der Waals surface area contributed by atoms with Crippen LogP contribution in [-0.4, -0.2) is 43.8 Å². The van der Waals surface area contributed by atoms with Crippen LogP contribution >= 0.6 is 11.6 Å². The van der Waals surface area contributed by atoms with E-state index in [0.717, 1.165) is 23.7 Å². The van der Waals surface area contributed by atoms with Crippen molar-refractivity contribution in [2.45, 2.75) is 24.8 Å². The van der Waals surface area contributed by atoms with Gasteiger partial charge in [-0.1, -0.05) is 41.4 Å². The molecule has 0 amide bonds. The first kappa shape index (κ1) is 18.4. The van der Waals surface area contributed by atoms with Gasteiger partial charge >= 0.3 is 0 Å². The van der Waals surface area contributed by atoms with Gasteiger partial charge in [0.05, 0.1) is 4.90 Å². The van der Waals surface area contributed by atoms with Crippen LogP contribution in [0.25, 0.3) is 0 Å². The third-order valence-corrected chi connectivity index (χ3v) is 7.00. The van der Waals surface area contributed by atoms with Crippen LogP contribution in [0, 0.1) is 6.92 Å². The summed E-state index contributed by atoms with van der Waals surface area (Å²) in [4.78, 5) is 2.68. The van der Waals surface area contributed by atoms with Crippen molar-refractivity contribution in [2.24, 2.45) is 0 Å². The fourth-order valence-electron chi connectivity index (χ4n) is 3.14. The molecule has 1 unspecified atom stereocenters. The summed E-state index contributed by atoms with van der Waals surface area (Å²) >= 11 is 5.95. The molecule has 1 atom stereocenters. The summed E-state index contributed by atoms with van der Waals surface area (Å²) in [6.07, 6.45) is 0. The van der Waals surface area contributed by atoms with Crippen LogP contribution in [0.3, 0.4) is 0 Å². The van der Waals surface area contributed by atoms with Gasteiger partial charge in [-0.3, -0.25) is 4.90 Å². The maximum atomic E-state index is 12.8. The monoisotopic (exact) mass is 378 g/mol. The first-order valence-electron chi connectivity index (χ1n) is 8.44. The van der Waals surface area contributed by atoms with Crippen LogP contribution in [0.1, 0.15) is 24.1 Å². The molecule has 4 nitrogen and oxygen atoms in total. The average Bonchev–Trinajstić information content (AvgIpc) is 2.62. The van der Waals surface area contributed by atoms with Crippen molar-refractivity contribution in [2.75, 3.05) is 26.2 Å². The van der Waals surface area contributed by atoms with Crippen LogP contribution in [-0.2, 0) is 10.0 Å². The van der Waals surface area contributed by atoms with Crippen LogP contribution in [0.5, 0.6) is 0 Å². The van der Waals surface area contributed by atoms with Gasteiger partial charge in [-0.15, -0.1) is 0 Å². The number of sulfonamides is 1. The summed E-state index contributed by atoms with van der Waals surface area (Å²) < 4.78 is 27.1. The molecule has 0 N–H and O–H groups in total. The van der Waals surface area contributed by atoms with Gasteiger partial charge in [0.25, 0.3) is 0 Å². The summed E-state index contributed by atoms with van der Waals surface area (Å²) in [7, 11) is -3.41. The lowest BCUT2D eigenvalue weighted by Gasteiger charge is -2.37. The van der Waals surface area contributed by atoms with E-state index >= 15 is 0 Å². The molecule has 0 spiro atoms. The Balaban J connectivity index is 1.67. The Kier molecular flexibility index (Phi) is 5.49. The lowest BCUT2D eigenvalue weighted by Crippen LogP contribution is -2.49. The molecule has 1 aliphatic heterocycles. The van der Waals surface area contributed by atoms with Gasteiger partial charge in [-0.2, -0.15) is 4.31 Å². The second kappa shape index (κ2) is 7.46. The topological polar surface area (TPSA) is 40.6 Å². The van der Waals surface area contributed by atoms with Crippen molar-refractivity contribution >= 4 is 21.6 Å². The fourth-order valence-corrected chi connectivity index (χ4v) is 4.69. The van der Waals surface area contributed by atoms with E-state index in [9.17, 15) is 8.42 Å². The number of nitrogens with zero attached hydrogens (tertiary/aromatic N) is 2. The number of piperazine rings is 1. The van der Waals surface area contributed by atoms with Crippen molar-refractivity contribution < 1.29 is 8.42 Å². The molecule has 0 saturated carbocycles. The minimum Gasteiger partial charge on any atom is -0.294 e. The van der Waals surface area contributed by atoms with Crippen molar-refractivity contribution in [1.82, 2.24) is 9.21 Å². The Morgan fingerprint density at radius 2 is 1.48 bits per heavy atom. The second-order valence-electron chi connectivity index (χ2n) is 6.48. The van der Waals surface area contributed by atoms with E-state index in [1.54, 1.807) is 16.4 Å². The van der Waals surface area contributed by atoms with Crippen LogP contribution in [0.2, 0.25) is 5.02 Å². The first-order valence-corrected chi connectivity index (χ1v) is 10.3. The molecule has 6 heteroatoms. The minimum atomic E-state index is -3.41. The smallest absolute Gasteiger partial charge is 0.243 e. The SMILES string of the molecule is Cc1ccc(S(=O)(=O)N2CCN(C(C)c3ccc(Cl)cc3)CC2)cc1. The van der Waals surface area contributed by atoms with Gasteiger partial charge in [0.2, 0.25) is 10.0 Å². The van der Waals surface area contributed by atoms with Gasteiger partial charge in [-0.25, -0.2) is 8.42 Å². The summed E-state index contributed by atoms with van der Waals surface area (Å²) in [6, 6.07) is 15.1. The molecule has 1 fully saturated rings. The maximum Gasteiger partial charge on any atom is 0.243 e. The van der Waals surface area contributed by atoms with E-state index < -0.39 is 10.0 Å². The quantitative estimate of drug-likeness (QED) is 0.814. The number of halogens is 1. The zero-order valence-corrected chi connectivity index (χ0v) is 16.1. The molecule has 2 aromatic rings. The number of benzene rings is 2. The Labute approximate surface area is 155 Å². The summed E-state index contributed by atoms with van der Waals surface area (Å²) in [6.45, 7) is 6.55. The average molecular weight is 379 g/mol. The highest BCUT2D eigenvalue weighted by Gasteiger charge is 2.30. The van der Waals surface area contributed by atoms with Crippen molar-refractivity contribution in [1.29, 1.82) is 0 Å². The third kappa shape index (κ3) is 4.06. The molecule has 0 radical (unpaired) electrons. The van der Waals surface area contributed by atoms with E-state index in [1.807, 2.05) is 43.3 Å². The Morgan fingerprint density at radius 3 is 2.04 bits per heavy atom. The molecule has 1 aliphatic rings. The first-order chi connectivity index (χ1) is 11.9. The fraction of sp³-hybridized carbons (Fsp3) is 0.368. The maximum absolute atomic E-state index is 12.8. The van der Waals surface area contributed by atoms with Gasteiger partial charge < -0.3 is 0 Å². The summed E-state index contributed by atoms with van der Waals surface area (Å²) in [5.41, 5.74) is 2.25. The molecule has 1 heterocycles. The largest absolute Gasteiger partial charge is 0.294 e. The number of rotatable bonds is 4. The zero-order chi connectivity index (χ0) is 18.0. The van der Waals surface area contributed by atoms with Gasteiger partial charge in [0, 0.05) is 37.2 Å². The van der Waals surface area contributed by atoms with Crippen molar-refractivity contribution in [3.8, 4) is 0 Å². The lowest BCUT2D eigenvalue weighted by molar-refractivity contribution is 0.146. The number of hydrogen-bond donors (Lipinski definition) is 0. The van der Waals surface area contributed by atoms with Crippen LogP contribution in [0.4, 0.5) is 0 Å². The predicted octanol–water partition coefficient (Wildman–Crippen LogP) is 3.72. The second-order valence-corrected chi connectivity index (χ2v) is 8.86. The van der Waals surface area contributed by atoms with Crippen LogP contribution < -0.4 is 0 Å². The normalized spacial score (nSPS) is 18.2. The molecule has 0 aliphatic carbocycles. The highest BCUT2D eigenvalue weighted by molar-refractivity contribution is 7.89. The molecule has 0 aromatic heterocycles. The summed E-state index contributed by atoms with van der Waals surface area (Å²) in [5, 5.41) is 0.727. The molecule has 2 aromatic carbocycles. The van der Waals surface area contributed by atoms with Crippen molar-refractivity contribution in [3.63, 3.8) is 0 Å². The highest BCUT2D eigenvalue weighted by atomic mass is 35.5. The predicted molar refractivity (Wildman–Crippen MR) is 101 cm³/mol. The molecule has 3 rings (SSSR count). The van der Waals surface area contributed by atoms with E-state index in [0.29, 0.717) is 18.0 Å². The highest BCUT2D eigenvalue weighted by Crippen LogP contribution is 2.25. The van der Waals surface area contributed by atoms with Gasteiger partial charge in [0.15, 0.2) is 0 Å². The van der Waals surface area contributed by atoms with E-state index in [2.05, 4.69) is 11.8 Å². The third-order valence-electron chi connectivity index (χ3n) is 4.83. The van der Waals surface area contributed by atoms with E-state index in [1.165, 1.54) is 5.56 Å². The van der Waals surface area contributed by atoms with E-state index in [-0.39, 0.29) is 6.04 Å². The molecule has 134 valence electrons. The number of hydrogen-bond acceptors (Lipinski definition) is 3. The number of aryl methyl sites for hydroxylation is 1. The minimum absolute atomic E-state index is 0.237. The van der Waals surface area contributed by atoms with Crippen LogP contribution in [0.15, 0.2) is 53.4 Å². The van der Waals surface area contributed by atoms with Gasteiger partial charge in [0.1, 0.15) is 0 Å². The summed E-state index contributed by atoms with van der Waals surface area (Å²) in [5.74, 6) is 0. The Morgan fingerprint density at radius 1 is 0.920 bits per heavy atom. The Hall–Kier alpha value is -1.40. The molecule has 0 bridgehead atoms. The molecular weight excluding hydrogens is 356 g/mol. The lowest BCUT2D eigenvalue weighted by atomic mass is 10.1. The van der Waals surface area contributed by atoms with E-state index in [4.69, 9.17) is 11.6 Å². The van der Waals surface area contributed by atoms with Crippen molar-refractivity contribution in [3.05, 3.63) is 64.7 Å². The molecule has 1 saturated heterocycles. The standard InChI is InChI=1S/C19H23ClN2O2S/c1-15-3-9-19(10-4-15)25(23,24)22-13-11-21(12-14-22)16(2)17-5-7-18(20)8-6-17/h3-10,16H,11-14H2,1-2H3. The molecular formula is C19H23ClN2O2S. The zero-order valence-electron chi connectivity index (χ0n) is 14.5. The Bertz CT molecular complexity index is 812.